The minimum atomic E-state index is -0.142. The number of hydrogen-bond acceptors (Lipinski definition) is 3. The lowest BCUT2D eigenvalue weighted by Crippen LogP contribution is -2.28. The second-order valence-electron chi connectivity index (χ2n) is 2.78. The second-order valence-corrected chi connectivity index (χ2v) is 3.64. The van der Waals surface area contributed by atoms with Crippen LogP contribution in [-0.2, 0) is 0 Å². The molecule has 0 aromatic heterocycles. The molecule has 0 aliphatic carbocycles. The average Bonchev–Trinajstić information content (AvgIpc) is 2.18. The zero-order valence-corrected chi connectivity index (χ0v) is 9.17. The first kappa shape index (κ1) is 11.0. The molecule has 0 unspecified atom stereocenters. The van der Waals surface area contributed by atoms with E-state index in [1.807, 2.05) is 0 Å². The molecule has 76 valence electrons. The Morgan fingerprint density at radius 3 is 2.79 bits per heavy atom. The Balaban J connectivity index is 2.76. The van der Waals surface area contributed by atoms with E-state index < -0.39 is 0 Å². The van der Waals surface area contributed by atoms with Gasteiger partial charge in [0, 0.05) is 28.8 Å². The van der Waals surface area contributed by atoms with E-state index in [4.69, 9.17) is 11.5 Å². The summed E-state index contributed by atoms with van der Waals surface area (Å²) in [5.41, 5.74) is 12.0. The van der Waals surface area contributed by atoms with Crippen LogP contribution in [0.5, 0.6) is 0 Å². The Kier molecular flexibility index (Phi) is 3.91. The van der Waals surface area contributed by atoms with E-state index in [2.05, 4.69) is 21.2 Å². The summed E-state index contributed by atoms with van der Waals surface area (Å²) in [6.45, 7) is 0.905. The van der Waals surface area contributed by atoms with Gasteiger partial charge >= 0.3 is 0 Å². The molecule has 0 heterocycles. The van der Waals surface area contributed by atoms with E-state index in [0.717, 1.165) is 4.47 Å². The van der Waals surface area contributed by atoms with Crippen molar-refractivity contribution in [1.82, 2.24) is 5.32 Å². The first-order valence-corrected chi connectivity index (χ1v) is 4.97. The maximum atomic E-state index is 11.4. The maximum absolute atomic E-state index is 11.4. The summed E-state index contributed by atoms with van der Waals surface area (Å²) in [6.07, 6.45) is 0. The highest BCUT2D eigenvalue weighted by atomic mass is 79.9. The summed E-state index contributed by atoms with van der Waals surface area (Å²) in [7, 11) is 0. The SMILES string of the molecule is NCCNC(=O)c1ccc(N)c(Br)c1. The number of nitrogens with two attached hydrogens (primary N) is 2. The van der Waals surface area contributed by atoms with E-state index >= 15 is 0 Å². The molecular formula is C9H12BrN3O. The lowest BCUT2D eigenvalue weighted by Gasteiger charge is -2.04. The molecule has 0 bridgehead atoms. The van der Waals surface area contributed by atoms with Crippen molar-refractivity contribution in [2.24, 2.45) is 5.73 Å². The quantitative estimate of drug-likeness (QED) is 0.699. The summed E-state index contributed by atoms with van der Waals surface area (Å²) < 4.78 is 0.720. The highest BCUT2D eigenvalue weighted by molar-refractivity contribution is 9.10. The van der Waals surface area contributed by atoms with Crippen LogP contribution >= 0.6 is 15.9 Å². The van der Waals surface area contributed by atoms with Crippen LogP contribution < -0.4 is 16.8 Å². The highest BCUT2D eigenvalue weighted by Crippen LogP contribution is 2.20. The van der Waals surface area contributed by atoms with E-state index in [1.54, 1.807) is 18.2 Å². The molecule has 0 saturated heterocycles. The van der Waals surface area contributed by atoms with Crippen LogP contribution in [0.3, 0.4) is 0 Å². The second kappa shape index (κ2) is 4.97. The number of amides is 1. The van der Waals surface area contributed by atoms with Crippen LogP contribution in [0, 0.1) is 0 Å². The Morgan fingerprint density at radius 2 is 2.21 bits per heavy atom. The molecule has 0 atom stereocenters. The number of benzene rings is 1. The number of halogens is 1. The average molecular weight is 258 g/mol. The molecule has 0 aliphatic heterocycles. The lowest BCUT2D eigenvalue weighted by molar-refractivity contribution is 0.0954. The lowest BCUT2D eigenvalue weighted by atomic mass is 10.2. The number of nitrogen functional groups attached to an aromatic ring is 1. The van der Waals surface area contributed by atoms with Gasteiger partial charge in [-0.25, -0.2) is 0 Å². The third-order valence-corrected chi connectivity index (χ3v) is 2.38. The molecule has 1 aromatic carbocycles. The van der Waals surface area contributed by atoms with E-state index in [9.17, 15) is 4.79 Å². The largest absolute Gasteiger partial charge is 0.398 e. The van der Waals surface area contributed by atoms with Crippen LogP contribution in [-0.4, -0.2) is 19.0 Å². The van der Waals surface area contributed by atoms with Gasteiger partial charge in [0.1, 0.15) is 0 Å². The molecule has 0 aliphatic rings. The van der Waals surface area contributed by atoms with Gasteiger partial charge in [-0.3, -0.25) is 4.79 Å². The molecule has 5 N–H and O–H groups in total. The van der Waals surface area contributed by atoms with Gasteiger partial charge < -0.3 is 16.8 Å². The summed E-state index contributed by atoms with van der Waals surface area (Å²) >= 11 is 3.25. The van der Waals surface area contributed by atoms with E-state index in [-0.39, 0.29) is 5.91 Å². The van der Waals surface area contributed by atoms with Crippen molar-refractivity contribution in [3.63, 3.8) is 0 Å². The van der Waals surface area contributed by atoms with Crippen molar-refractivity contribution in [2.75, 3.05) is 18.8 Å². The Hall–Kier alpha value is -1.07. The number of rotatable bonds is 3. The molecule has 1 aromatic rings. The molecule has 0 fully saturated rings. The minimum Gasteiger partial charge on any atom is -0.398 e. The summed E-state index contributed by atoms with van der Waals surface area (Å²) in [4.78, 5) is 11.4. The van der Waals surface area contributed by atoms with Crippen LogP contribution in [0.2, 0.25) is 0 Å². The van der Waals surface area contributed by atoms with Gasteiger partial charge in [-0.05, 0) is 34.1 Å². The summed E-state index contributed by atoms with van der Waals surface area (Å²) in [5.74, 6) is -0.142. The maximum Gasteiger partial charge on any atom is 0.251 e. The van der Waals surface area contributed by atoms with Crippen molar-refractivity contribution in [1.29, 1.82) is 0 Å². The fourth-order valence-electron chi connectivity index (χ4n) is 0.956. The predicted molar refractivity (Wildman–Crippen MR) is 59.9 cm³/mol. The topological polar surface area (TPSA) is 81.1 Å². The predicted octanol–water partition coefficient (Wildman–Crippen LogP) is 0.720. The van der Waals surface area contributed by atoms with Gasteiger partial charge in [0.2, 0.25) is 0 Å². The smallest absolute Gasteiger partial charge is 0.251 e. The third-order valence-electron chi connectivity index (χ3n) is 1.69. The van der Waals surface area contributed by atoms with Gasteiger partial charge in [0.25, 0.3) is 5.91 Å². The fourth-order valence-corrected chi connectivity index (χ4v) is 1.33. The van der Waals surface area contributed by atoms with Gasteiger partial charge in [-0.1, -0.05) is 0 Å². The van der Waals surface area contributed by atoms with Crippen molar-refractivity contribution in [3.05, 3.63) is 28.2 Å². The number of hydrogen-bond donors (Lipinski definition) is 3. The van der Waals surface area contributed by atoms with Crippen molar-refractivity contribution < 1.29 is 4.79 Å². The molecule has 1 rings (SSSR count). The van der Waals surface area contributed by atoms with Gasteiger partial charge in [-0.15, -0.1) is 0 Å². The Labute approximate surface area is 90.8 Å². The van der Waals surface area contributed by atoms with Crippen molar-refractivity contribution >= 4 is 27.5 Å². The zero-order valence-electron chi connectivity index (χ0n) is 7.59. The monoisotopic (exact) mass is 257 g/mol. The highest BCUT2D eigenvalue weighted by Gasteiger charge is 2.05. The third kappa shape index (κ3) is 2.71. The molecule has 5 heteroatoms. The molecule has 0 spiro atoms. The molecule has 14 heavy (non-hydrogen) atoms. The van der Waals surface area contributed by atoms with Crippen LogP contribution in [0.1, 0.15) is 10.4 Å². The van der Waals surface area contributed by atoms with Gasteiger partial charge in [-0.2, -0.15) is 0 Å². The summed E-state index contributed by atoms with van der Waals surface area (Å²) in [5, 5.41) is 2.67. The zero-order chi connectivity index (χ0) is 10.6. The molecule has 0 saturated carbocycles. The number of anilines is 1. The molecular weight excluding hydrogens is 246 g/mol. The standard InChI is InChI=1S/C9H12BrN3O/c10-7-5-6(1-2-8(7)12)9(14)13-4-3-11/h1-2,5H,3-4,11-12H2,(H,13,14). The van der Waals surface area contributed by atoms with E-state index in [0.29, 0.717) is 24.3 Å². The first-order valence-electron chi connectivity index (χ1n) is 4.18. The molecule has 1 amide bonds. The Bertz CT molecular complexity index is 341. The van der Waals surface area contributed by atoms with Crippen molar-refractivity contribution in [3.8, 4) is 0 Å². The number of nitrogens with one attached hydrogen (secondary N) is 1. The minimum absolute atomic E-state index is 0.142. The van der Waals surface area contributed by atoms with Gasteiger partial charge in [0.15, 0.2) is 0 Å². The van der Waals surface area contributed by atoms with E-state index in [1.165, 1.54) is 0 Å². The molecule has 4 nitrogen and oxygen atoms in total. The van der Waals surface area contributed by atoms with Gasteiger partial charge in [0.05, 0.1) is 0 Å². The van der Waals surface area contributed by atoms with Crippen LogP contribution in [0.4, 0.5) is 5.69 Å². The fraction of sp³-hybridized carbons (Fsp3) is 0.222. The van der Waals surface area contributed by atoms with Crippen molar-refractivity contribution in [2.45, 2.75) is 0 Å². The number of carbonyl (C=O) groups is 1. The number of carbonyl (C=O) groups excluding carboxylic acids is 1. The summed E-state index contributed by atoms with van der Waals surface area (Å²) in [6, 6.07) is 5.04. The van der Waals surface area contributed by atoms with Crippen LogP contribution in [0.15, 0.2) is 22.7 Å². The van der Waals surface area contributed by atoms with Crippen LogP contribution in [0.25, 0.3) is 0 Å². The molecule has 0 radical (unpaired) electrons. The normalized spacial score (nSPS) is 9.86. The Morgan fingerprint density at radius 1 is 1.50 bits per heavy atom. The first-order chi connectivity index (χ1) is 6.65.